The number of H-pyrrole nitrogens is 1. The molecule has 2 heterocycles. The Morgan fingerprint density at radius 1 is 1.19 bits per heavy atom. The first-order chi connectivity index (χ1) is 14.8. The van der Waals surface area contributed by atoms with Gasteiger partial charge in [0.2, 0.25) is 5.95 Å². The van der Waals surface area contributed by atoms with E-state index in [0.717, 1.165) is 5.56 Å². The second kappa shape index (κ2) is 8.11. The van der Waals surface area contributed by atoms with Crippen LogP contribution >= 0.6 is 11.6 Å². The molecule has 0 radical (unpaired) electrons. The van der Waals surface area contributed by atoms with Crippen LogP contribution in [-0.4, -0.2) is 29.9 Å². The van der Waals surface area contributed by atoms with E-state index in [2.05, 4.69) is 20.5 Å². The zero-order chi connectivity index (χ0) is 22.1. The molecule has 4 rings (SSSR count). The van der Waals surface area contributed by atoms with Crippen LogP contribution in [0.25, 0.3) is 11.2 Å². The third kappa shape index (κ3) is 3.95. The Morgan fingerprint density at radius 3 is 2.61 bits per heavy atom. The molecule has 0 aliphatic rings. The Balaban J connectivity index is 1.83. The van der Waals surface area contributed by atoms with Crippen LogP contribution in [0.5, 0.6) is 5.75 Å². The third-order valence-electron chi connectivity index (χ3n) is 4.88. The number of aryl methyl sites for hydroxylation is 1. The molecular formula is C21H19ClN6O3. The highest BCUT2D eigenvalue weighted by Gasteiger charge is 2.18. The summed E-state index contributed by atoms with van der Waals surface area (Å²) < 4.78 is 2.90. The molecule has 0 spiro atoms. The number of imidazole rings is 1. The average molecular weight is 439 g/mol. The third-order valence-corrected chi connectivity index (χ3v) is 5.13. The van der Waals surface area contributed by atoms with Crippen molar-refractivity contribution in [3.63, 3.8) is 0 Å². The van der Waals surface area contributed by atoms with E-state index >= 15 is 0 Å². The van der Waals surface area contributed by atoms with Gasteiger partial charge in [0.1, 0.15) is 5.75 Å². The number of hydrazone groups is 1. The van der Waals surface area contributed by atoms with Gasteiger partial charge in [-0.05, 0) is 36.8 Å². The van der Waals surface area contributed by atoms with E-state index in [0.29, 0.717) is 22.8 Å². The SMILES string of the molecule is C/C(=N\Nc1nc2c(c(=O)[nH]c(=O)n2C)n1Cc1ccc(Cl)cc1)c1ccccc1O. The summed E-state index contributed by atoms with van der Waals surface area (Å²) in [5, 5.41) is 15.0. The van der Waals surface area contributed by atoms with Gasteiger partial charge in [0.15, 0.2) is 11.2 Å². The molecule has 3 N–H and O–H groups in total. The van der Waals surface area contributed by atoms with Gasteiger partial charge in [0, 0.05) is 17.6 Å². The molecule has 4 aromatic rings. The lowest BCUT2D eigenvalue weighted by molar-refractivity contribution is 0.474. The number of nitrogens with one attached hydrogen (secondary N) is 2. The van der Waals surface area contributed by atoms with Crippen LogP contribution < -0.4 is 16.7 Å². The number of phenolic OH excluding ortho intramolecular Hbond substituents is 1. The summed E-state index contributed by atoms with van der Waals surface area (Å²) in [6.45, 7) is 2.03. The molecule has 2 aromatic heterocycles. The van der Waals surface area contributed by atoms with Crippen LogP contribution in [0.2, 0.25) is 5.02 Å². The number of hydrogen-bond donors (Lipinski definition) is 3. The number of halogens is 1. The molecule has 0 aliphatic carbocycles. The lowest BCUT2D eigenvalue weighted by Gasteiger charge is -2.09. The molecular weight excluding hydrogens is 420 g/mol. The first kappa shape index (κ1) is 20.4. The van der Waals surface area contributed by atoms with Gasteiger partial charge in [-0.1, -0.05) is 35.9 Å². The van der Waals surface area contributed by atoms with Crippen LogP contribution in [-0.2, 0) is 13.6 Å². The summed E-state index contributed by atoms with van der Waals surface area (Å²) in [4.78, 5) is 31.3. The largest absolute Gasteiger partial charge is 0.507 e. The maximum absolute atomic E-state index is 12.6. The van der Waals surface area contributed by atoms with Crippen LogP contribution in [0.15, 0.2) is 63.2 Å². The van der Waals surface area contributed by atoms with E-state index in [-0.39, 0.29) is 22.9 Å². The molecule has 0 amide bonds. The van der Waals surface area contributed by atoms with Crippen molar-refractivity contribution in [2.24, 2.45) is 12.1 Å². The number of nitrogens with zero attached hydrogens (tertiary/aromatic N) is 4. The highest BCUT2D eigenvalue weighted by Crippen LogP contribution is 2.20. The van der Waals surface area contributed by atoms with Crippen molar-refractivity contribution < 1.29 is 5.11 Å². The zero-order valence-corrected chi connectivity index (χ0v) is 17.5. The van der Waals surface area contributed by atoms with Crippen molar-refractivity contribution in [1.29, 1.82) is 0 Å². The number of hydrogen-bond acceptors (Lipinski definition) is 6. The average Bonchev–Trinajstić information content (AvgIpc) is 3.11. The minimum Gasteiger partial charge on any atom is -0.507 e. The fourth-order valence-corrected chi connectivity index (χ4v) is 3.35. The van der Waals surface area contributed by atoms with Crippen molar-refractivity contribution in [2.75, 3.05) is 5.43 Å². The maximum Gasteiger partial charge on any atom is 0.329 e. The normalized spacial score (nSPS) is 11.8. The van der Waals surface area contributed by atoms with E-state index in [9.17, 15) is 14.7 Å². The number of aromatic hydroxyl groups is 1. The quantitative estimate of drug-likeness (QED) is 0.327. The zero-order valence-electron chi connectivity index (χ0n) is 16.8. The maximum atomic E-state index is 12.6. The molecule has 0 bridgehead atoms. The van der Waals surface area contributed by atoms with Crippen molar-refractivity contribution in [1.82, 2.24) is 19.1 Å². The highest BCUT2D eigenvalue weighted by molar-refractivity contribution is 6.30. The second-order valence-electron chi connectivity index (χ2n) is 6.96. The van der Waals surface area contributed by atoms with Crippen molar-refractivity contribution in [2.45, 2.75) is 13.5 Å². The number of para-hydroxylation sites is 1. The standard InChI is InChI=1S/C21H19ClN6O3/c1-12(15-5-3-4-6-16(15)29)25-26-20-23-18-17(19(30)24-21(31)27(18)2)28(20)11-13-7-9-14(22)10-8-13/h3-10,29H,11H2,1-2H3,(H,23,26)(H,24,30,31)/b25-12+. The predicted octanol–water partition coefficient (Wildman–Crippen LogP) is 2.67. The molecule has 158 valence electrons. The number of phenols is 1. The first-order valence-electron chi connectivity index (χ1n) is 9.38. The van der Waals surface area contributed by atoms with Gasteiger partial charge in [-0.15, -0.1) is 0 Å². The summed E-state index contributed by atoms with van der Waals surface area (Å²) in [6, 6.07) is 14.0. The van der Waals surface area contributed by atoms with Gasteiger partial charge >= 0.3 is 5.69 Å². The van der Waals surface area contributed by atoms with Crippen LogP contribution in [0, 0.1) is 0 Å². The Labute approximate surface area is 181 Å². The smallest absolute Gasteiger partial charge is 0.329 e. The molecule has 2 aromatic carbocycles. The highest BCUT2D eigenvalue weighted by atomic mass is 35.5. The number of aromatic amines is 1. The van der Waals surface area contributed by atoms with Gasteiger partial charge in [-0.2, -0.15) is 10.1 Å². The second-order valence-corrected chi connectivity index (χ2v) is 7.40. The summed E-state index contributed by atoms with van der Waals surface area (Å²) in [6.07, 6.45) is 0. The molecule has 0 atom stereocenters. The topological polar surface area (TPSA) is 117 Å². The van der Waals surface area contributed by atoms with E-state index in [1.165, 1.54) is 11.6 Å². The van der Waals surface area contributed by atoms with Gasteiger partial charge in [-0.3, -0.25) is 18.9 Å². The molecule has 0 saturated carbocycles. The predicted molar refractivity (Wildman–Crippen MR) is 120 cm³/mol. The van der Waals surface area contributed by atoms with Crippen LogP contribution in [0.1, 0.15) is 18.1 Å². The van der Waals surface area contributed by atoms with Crippen LogP contribution in [0.3, 0.4) is 0 Å². The van der Waals surface area contributed by atoms with E-state index < -0.39 is 11.2 Å². The Bertz CT molecular complexity index is 1420. The van der Waals surface area contributed by atoms with Crippen molar-refractivity contribution >= 4 is 34.4 Å². The molecule has 10 heteroatoms. The van der Waals surface area contributed by atoms with Crippen molar-refractivity contribution in [3.8, 4) is 5.75 Å². The number of aromatic nitrogens is 4. The number of rotatable bonds is 5. The number of fused-ring (bicyclic) bond motifs is 1. The van der Waals surface area contributed by atoms with E-state index in [1.807, 2.05) is 12.1 Å². The fraction of sp³-hybridized carbons (Fsp3) is 0.143. The molecule has 0 saturated heterocycles. The lowest BCUT2D eigenvalue weighted by Crippen LogP contribution is -2.29. The summed E-state index contributed by atoms with van der Waals surface area (Å²) in [7, 11) is 1.53. The molecule has 31 heavy (non-hydrogen) atoms. The molecule has 9 nitrogen and oxygen atoms in total. The van der Waals surface area contributed by atoms with Gasteiger partial charge in [-0.25, -0.2) is 10.2 Å². The summed E-state index contributed by atoms with van der Waals surface area (Å²) in [5.41, 5.74) is 4.17. The summed E-state index contributed by atoms with van der Waals surface area (Å²) >= 11 is 5.98. The minimum absolute atomic E-state index is 0.0964. The summed E-state index contributed by atoms with van der Waals surface area (Å²) in [5.74, 6) is 0.366. The Hall–Kier alpha value is -3.85. The minimum atomic E-state index is -0.561. The number of anilines is 1. The van der Waals surface area contributed by atoms with Crippen LogP contribution in [0.4, 0.5) is 5.95 Å². The molecule has 0 aliphatic heterocycles. The van der Waals surface area contributed by atoms with Gasteiger partial charge in [0.05, 0.1) is 12.3 Å². The van der Waals surface area contributed by atoms with E-state index in [4.69, 9.17) is 11.6 Å². The lowest BCUT2D eigenvalue weighted by atomic mass is 10.1. The van der Waals surface area contributed by atoms with Gasteiger partial charge < -0.3 is 5.11 Å². The Morgan fingerprint density at radius 2 is 1.90 bits per heavy atom. The molecule has 0 fully saturated rings. The Kier molecular flexibility index (Phi) is 5.35. The fourth-order valence-electron chi connectivity index (χ4n) is 3.22. The first-order valence-corrected chi connectivity index (χ1v) is 9.75. The van der Waals surface area contributed by atoms with Crippen molar-refractivity contribution in [3.05, 3.63) is 85.5 Å². The molecule has 0 unspecified atom stereocenters. The van der Waals surface area contributed by atoms with Gasteiger partial charge in [0.25, 0.3) is 5.56 Å². The number of benzene rings is 2. The van der Waals surface area contributed by atoms with E-state index in [1.54, 1.807) is 47.9 Å². The monoisotopic (exact) mass is 438 g/mol.